The number of aliphatic carboxylic acids is 2. The van der Waals surface area contributed by atoms with Gasteiger partial charge in [0.05, 0.1) is 6.54 Å². The highest BCUT2D eigenvalue weighted by molar-refractivity contribution is 5.97. The topological polar surface area (TPSA) is 156 Å². The molecule has 0 radical (unpaired) electrons. The van der Waals surface area contributed by atoms with Gasteiger partial charge in [0.15, 0.2) is 5.78 Å². The van der Waals surface area contributed by atoms with Crippen LogP contribution in [0.2, 0.25) is 0 Å². The SMILES string of the molecule is C[C@H](NC1CCCCC1)C(=O)O.NCC(=O)c1ccc(C[C@H](N)C(=O)O)cc1. The molecule has 7 N–H and O–H groups in total. The zero-order valence-corrected chi connectivity index (χ0v) is 16.3. The summed E-state index contributed by atoms with van der Waals surface area (Å²) in [5.74, 6) is -1.93. The average Bonchev–Trinajstić information content (AvgIpc) is 2.69. The van der Waals surface area contributed by atoms with Crippen LogP contribution in [0.4, 0.5) is 0 Å². The summed E-state index contributed by atoms with van der Waals surface area (Å²) in [5, 5.41) is 20.4. The Balaban J connectivity index is 0.000000292. The Morgan fingerprint density at radius 3 is 2.11 bits per heavy atom. The summed E-state index contributed by atoms with van der Waals surface area (Å²) in [6, 6.07) is 5.74. The van der Waals surface area contributed by atoms with Gasteiger partial charge < -0.3 is 27.0 Å². The Labute approximate surface area is 165 Å². The Kier molecular flexibility index (Phi) is 10.4. The summed E-state index contributed by atoms with van der Waals surface area (Å²) >= 11 is 0. The van der Waals surface area contributed by atoms with E-state index in [0.29, 0.717) is 11.6 Å². The lowest BCUT2D eigenvalue weighted by atomic mass is 9.95. The minimum Gasteiger partial charge on any atom is -0.480 e. The minimum atomic E-state index is -1.04. The lowest BCUT2D eigenvalue weighted by Gasteiger charge is -2.24. The zero-order chi connectivity index (χ0) is 21.1. The van der Waals surface area contributed by atoms with E-state index in [1.807, 2.05) is 0 Å². The number of carbonyl (C=O) groups is 3. The van der Waals surface area contributed by atoms with Crippen LogP contribution in [0, 0.1) is 0 Å². The molecule has 8 heteroatoms. The number of nitrogens with one attached hydrogen (secondary N) is 1. The molecule has 1 saturated carbocycles. The van der Waals surface area contributed by atoms with E-state index in [4.69, 9.17) is 21.7 Å². The first-order valence-corrected chi connectivity index (χ1v) is 9.54. The molecule has 0 aromatic heterocycles. The molecule has 8 nitrogen and oxygen atoms in total. The summed E-state index contributed by atoms with van der Waals surface area (Å²) in [7, 11) is 0. The van der Waals surface area contributed by atoms with Crippen molar-refractivity contribution in [1.82, 2.24) is 5.32 Å². The summed E-state index contributed by atoms with van der Waals surface area (Å²) in [6.45, 7) is 1.67. The number of nitrogens with two attached hydrogens (primary N) is 2. The second-order valence-electron chi connectivity index (χ2n) is 7.03. The summed E-state index contributed by atoms with van der Waals surface area (Å²) < 4.78 is 0. The molecule has 1 fully saturated rings. The van der Waals surface area contributed by atoms with Gasteiger partial charge >= 0.3 is 11.9 Å². The maximum Gasteiger partial charge on any atom is 0.320 e. The van der Waals surface area contributed by atoms with E-state index in [9.17, 15) is 14.4 Å². The number of carboxylic acid groups (broad SMARTS) is 2. The number of benzene rings is 1. The molecule has 0 aliphatic heterocycles. The number of ketones is 1. The first-order chi connectivity index (χ1) is 13.2. The van der Waals surface area contributed by atoms with Crippen molar-refractivity contribution in [2.24, 2.45) is 11.5 Å². The Morgan fingerprint density at radius 1 is 1.07 bits per heavy atom. The molecule has 1 aromatic rings. The van der Waals surface area contributed by atoms with Crippen LogP contribution >= 0.6 is 0 Å². The van der Waals surface area contributed by atoms with Crippen LogP contribution in [0.1, 0.15) is 54.9 Å². The van der Waals surface area contributed by atoms with Gasteiger partial charge in [-0.3, -0.25) is 14.4 Å². The molecule has 0 heterocycles. The van der Waals surface area contributed by atoms with Crippen molar-refractivity contribution in [3.05, 3.63) is 35.4 Å². The first-order valence-electron chi connectivity index (χ1n) is 9.54. The fourth-order valence-electron chi connectivity index (χ4n) is 2.98. The Bertz CT molecular complexity index is 642. The summed E-state index contributed by atoms with van der Waals surface area (Å²) in [6.07, 6.45) is 6.30. The Hall–Kier alpha value is -2.29. The Morgan fingerprint density at radius 2 is 1.64 bits per heavy atom. The van der Waals surface area contributed by atoms with E-state index in [1.165, 1.54) is 19.3 Å². The molecule has 0 unspecified atom stereocenters. The second kappa shape index (κ2) is 12.2. The van der Waals surface area contributed by atoms with E-state index in [2.05, 4.69) is 5.32 Å². The van der Waals surface area contributed by atoms with Gasteiger partial charge in [0.2, 0.25) is 0 Å². The van der Waals surface area contributed by atoms with Gasteiger partial charge in [-0.25, -0.2) is 0 Å². The van der Waals surface area contributed by atoms with E-state index in [1.54, 1.807) is 31.2 Å². The molecule has 1 aromatic carbocycles. The predicted molar refractivity (Wildman–Crippen MR) is 106 cm³/mol. The summed E-state index contributed by atoms with van der Waals surface area (Å²) in [4.78, 5) is 32.3. The van der Waals surface area contributed by atoms with Crippen molar-refractivity contribution in [2.75, 3.05) is 6.54 Å². The van der Waals surface area contributed by atoms with Gasteiger partial charge in [-0.05, 0) is 31.7 Å². The van der Waals surface area contributed by atoms with Crippen molar-refractivity contribution in [3.63, 3.8) is 0 Å². The van der Waals surface area contributed by atoms with E-state index >= 15 is 0 Å². The third kappa shape index (κ3) is 8.60. The molecule has 0 spiro atoms. The number of hydrogen-bond donors (Lipinski definition) is 5. The molecule has 28 heavy (non-hydrogen) atoms. The minimum absolute atomic E-state index is 0.0337. The van der Waals surface area contributed by atoms with Crippen molar-refractivity contribution in [3.8, 4) is 0 Å². The molecular weight excluding hydrogens is 362 g/mol. The van der Waals surface area contributed by atoms with Crippen molar-refractivity contribution in [2.45, 2.75) is 63.6 Å². The maximum atomic E-state index is 11.2. The second-order valence-corrected chi connectivity index (χ2v) is 7.03. The number of carboxylic acids is 2. The molecule has 0 saturated heterocycles. The lowest BCUT2D eigenvalue weighted by molar-refractivity contribution is -0.139. The van der Waals surface area contributed by atoms with Gasteiger partial charge in [0.1, 0.15) is 12.1 Å². The smallest absolute Gasteiger partial charge is 0.320 e. The van der Waals surface area contributed by atoms with Crippen molar-refractivity contribution in [1.29, 1.82) is 0 Å². The van der Waals surface area contributed by atoms with E-state index in [-0.39, 0.29) is 18.7 Å². The molecule has 2 rings (SSSR count). The molecule has 2 atom stereocenters. The quantitative estimate of drug-likeness (QED) is 0.412. The van der Waals surface area contributed by atoms with Gasteiger partial charge in [-0.1, -0.05) is 43.5 Å². The average molecular weight is 393 g/mol. The number of rotatable bonds is 8. The van der Waals surface area contributed by atoms with Gasteiger partial charge in [-0.15, -0.1) is 0 Å². The number of hydrogen-bond acceptors (Lipinski definition) is 6. The van der Waals surface area contributed by atoms with Gasteiger partial charge in [0, 0.05) is 11.6 Å². The molecule has 0 amide bonds. The molecule has 156 valence electrons. The van der Waals surface area contributed by atoms with Crippen LogP contribution in [0.5, 0.6) is 0 Å². The standard InChI is InChI=1S/C11H14N2O3.C9H17NO2/c12-6-10(14)8-3-1-7(2-4-8)5-9(13)11(15)16;1-7(9(11)12)10-8-5-3-2-4-6-8/h1-4,9H,5-6,12-13H2,(H,15,16);7-8,10H,2-6H2,1H3,(H,11,12)/t9-;7-/m00/s1. The highest BCUT2D eigenvalue weighted by atomic mass is 16.4. The normalized spacial score (nSPS) is 16.4. The summed E-state index contributed by atoms with van der Waals surface area (Å²) in [5.41, 5.74) is 11.9. The van der Waals surface area contributed by atoms with Gasteiger partial charge in [0.25, 0.3) is 0 Å². The third-order valence-electron chi connectivity index (χ3n) is 4.70. The fraction of sp³-hybridized carbons (Fsp3) is 0.550. The van der Waals surface area contributed by atoms with Crippen LogP contribution in [0.15, 0.2) is 24.3 Å². The maximum absolute atomic E-state index is 11.2. The van der Waals surface area contributed by atoms with Crippen LogP contribution in [-0.4, -0.2) is 52.6 Å². The molecular formula is C20H31N3O5. The largest absolute Gasteiger partial charge is 0.480 e. The lowest BCUT2D eigenvalue weighted by Crippen LogP contribution is -2.42. The van der Waals surface area contributed by atoms with Crippen molar-refractivity contribution >= 4 is 17.7 Å². The number of Topliss-reactive ketones (excluding diaryl/α,β-unsaturated/α-hetero) is 1. The van der Waals surface area contributed by atoms with Crippen LogP contribution < -0.4 is 16.8 Å². The molecule has 1 aliphatic rings. The zero-order valence-electron chi connectivity index (χ0n) is 16.3. The van der Waals surface area contributed by atoms with Crippen LogP contribution in [0.25, 0.3) is 0 Å². The van der Waals surface area contributed by atoms with Crippen molar-refractivity contribution < 1.29 is 24.6 Å². The predicted octanol–water partition coefficient (Wildman–Crippen LogP) is 1.16. The van der Waals surface area contributed by atoms with E-state index in [0.717, 1.165) is 18.4 Å². The monoisotopic (exact) mass is 393 g/mol. The highest BCUT2D eigenvalue weighted by Crippen LogP contribution is 2.17. The number of carbonyl (C=O) groups excluding carboxylic acids is 1. The van der Waals surface area contributed by atoms with Gasteiger partial charge in [-0.2, -0.15) is 0 Å². The molecule has 1 aliphatic carbocycles. The highest BCUT2D eigenvalue weighted by Gasteiger charge is 2.18. The fourth-order valence-corrected chi connectivity index (χ4v) is 2.98. The van der Waals surface area contributed by atoms with Crippen LogP contribution in [-0.2, 0) is 16.0 Å². The molecule has 0 bridgehead atoms. The van der Waals surface area contributed by atoms with E-state index < -0.39 is 24.0 Å². The third-order valence-corrected chi connectivity index (χ3v) is 4.70. The first kappa shape index (κ1) is 23.7. The van der Waals surface area contributed by atoms with Crippen LogP contribution in [0.3, 0.4) is 0 Å².